The van der Waals surface area contributed by atoms with Gasteiger partial charge in [-0.15, -0.1) is 0 Å². The topological polar surface area (TPSA) is 21.3 Å². The van der Waals surface area contributed by atoms with E-state index >= 15 is 0 Å². The predicted molar refractivity (Wildman–Crippen MR) is 61.0 cm³/mol. The summed E-state index contributed by atoms with van der Waals surface area (Å²) in [7, 11) is 1.53. The summed E-state index contributed by atoms with van der Waals surface area (Å²) in [5, 5.41) is 2.82. The van der Waals surface area contributed by atoms with Gasteiger partial charge in [0.1, 0.15) is 0 Å². The molecule has 0 aliphatic rings. The molecule has 0 aliphatic heterocycles. The average Bonchev–Trinajstić information content (AvgIpc) is 2.27. The van der Waals surface area contributed by atoms with Gasteiger partial charge in [0.25, 0.3) is 0 Å². The number of rotatable bonds is 4. The third-order valence-electron chi connectivity index (χ3n) is 2.69. The number of methoxy groups -OCH3 is 1. The molecule has 5 heteroatoms. The van der Waals surface area contributed by atoms with E-state index in [1.54, 1.807) is 19.9 Å². The van der Waals surface area contributed by atoms with Gasteiger partial charge < -0.3 is 10.1 Å². The van der Waals surface area contributed by atoms with Gasteiger partial charge in [0, 0.05) is 18.8 Å². The number of anilines is 1. The molecule has 0 heterocycles. The Bertz CT molecular complexity index is 365. The van der Waals surface area contributed by atoms with Crippen molar-refractivity contribution in [2.75, 3.05) is 12.4 Å². The van der Waals surface area contributed by atoms with Crippen LogP contribution in [-0.4, -0.2) is 19.3 Å². The lowest BCUT2D eigenvalue weighted by molar-refractivity contribution is -0.137. The van der Waals surface area contributed by atoms with Gasteiger partial charge in [0.15, 0.2) is 0 Å². The highest BCUT2D eigenvalue weighted by atomic mass is 19.4. The van der Waals surface area contributed by atoms with Crippen LogP contribution in [0.25, 0.3) is 0 Å². The van der Waals surface area contributed by atoms with E-state index in [2.05, 4.69) is 5.32 Å². The van der Waals surface area contributed by atoms with Gasteiger partial charge in [0.2, 0.25) is 0 Å². The largest absolute Gasteiger partial charge is 0.418 e. The highest BCUT2D eigenvalue weighted by Crippen LogP contribution is 2.34. The van der Waals surface area contributed by atoms with Crippen LogP contribution in [0.1, 0.15) is 19.4 Å². The second-order valence-electron chi connectivity index (χ2n) is 3.92. The number of alkyl halides is 3. The van der Waals surface area contributed by atoms with Gasteiger partial charge in [-0.3, -0.25) is 0 Å². The van der Waals surface area contributed by atoms with Crippen LogP contribution in [0.2, 0.25) is 0 Å². The Labute approximate surface area is 98.8 Å². The zero-order chi connectivity index (χ0) is 13.1. The number of hydrogen-bond donors (Lipinski definition) is 1. The lowest BCUT2D eigenvalue weighted by Gasteiger charge is -2.23. The van der Waals surface area contributed by atoms with Crippen molar-refractivity contribution in [2.24, 2.45) is 0 Å². The molecule has 0 saturated heterocycles. The highest BCUT2D eigenvalue weighted by molar-refractivity contribution is 5.53. The summed E-state index contributed by atoms with van der Waals surface area (Å²) in [6.45, 7) is 3.58. The molecule has 0 saturated carbocycles. The Hall–Kier alpha value is -1.23. The first-order valence-electron chi connectivity index (χ1n) is 5.31. The van der Waals surface area contributed by atoms with E-state index in [0.717, 1.165) is 6.07 Å². The van der Waals surface area contributed by atoms with Crippen molar-refractivity contribution >= 4 is 5.69 Å². The van der Waals surface area contributed by atoms with Crippen LogP contribution in [0.15, 0.2) is 24.3 Å². The van der Waals surface area contributed by atoms with E-state index in [9.17, 15) is 13.2 Å². The SMILES string of the molecule is COC(C)C(C)Nc1ccccc1C(F)(F)F. The van der Waals surface area contributed by atoms with Crippen molar-refractivity contribution in [1.82, 2.24) is 0 Å². The van der Waals surface area contributed by atoms with Crippen LogP contribution >= 0.6 is 0 Å². The first-order chi connectivity index (χ1) is 7.86. The third-order valence-corrected chi connectivity index (χ3v) is 2.69. The molecule has 0 radical (unpaired) electrons. The van der Waals surface area contributed by atoms with Crippen molar-refractivity contribution in [2.45, 2.75) is 32.2 Å². The summed E-state index contributed by atoms with van der Waals surface area (Å²) in [4.78, 5) is 0. The lowest BCUT2D eigenvalue weighted by Crippen LogP contribution is -2.30. The van der Waals surface area contributed by atoms with Crippen LogP contribution in [0.4, 0.5) is 18.9 Å². The van der Waals surface area contributed by atoms with Gasteiger partial charge in [-0.05, 0) is 26.0 Å². The standard InChI is InChI=1S/C12H16F3NO/c1-8(9(2)17-3)16-11-7-5-4-6-10(11)12(13,14)15/h4-9,16H,1-3H3. The monoisotopic (exact) mass is 247 g/mol. The number of para-hydroxylation sites is 1. The Balaban J connectivity index is 2.91. The van der Waals surface area contributed by atoms with E-state index in [-0.39, 0.29) is 17.8 Å². The summed E-state index contributed by atoms with van der Waals surface area (Å²) in [5.41, 5.74) is -0.577. The predicted octanol–water partition coefficient (Wildman–Crippen LogP) is 3.54. The Morgan fingerprint density at radius 1 is 1.18 bits per heavy atom. The molecule has 1 rings (SSSR count). The Kier molecular flexibility index (Phi) is 4.40. The van der Waals surface area contributed by atoms with Crippen LogP contribution in [0.5, 0.6) is 0 Å². The van der Waals surface area contributed by atoms with E-state index in [1.165, 1.54) is 19.2 Å². The second kappa shape index (κ2) is 5.40. The van der Waals surface area contributed by atoms with E-state index in [1.807, 2.05) is 0 Å². The maximum absolute atomic E-state index is 12.7. The summed E-state index contributed by atoms with van der Waals surface area (Å²) in [6.07, 6.45) is -4.52. The zero-order valence-corrected chi connectivity index (χ0v) is 10.0. The summed E-state index contributed by atoms with van der Waals surface area (Å²) in [6, 6.07) is 5.22. The minimum absolute atomic E-state index is 0.0800. The number of benzene rings is 1. The summed E-state index contributed by atoms with van der Waals surface area (Å²) >= 11 is 0. The molecule has 0 aromatic heterocycles. The van der Waals surface area contributed by atoms with Crippen molar-refractivity contribution in [3.63, 3.8) is 0 Å². The molecule has 2 unspecified atom stereocenters. The number of hydrogen-bond acceptors (Lipinski definition) is 2. The summed E-state index contributed by atoms with van der Waals surface area (Å²) < 4.78 is 43.2. The van der Waals surface area contributed by atoms with Gasteiger partial charge >= 0.3 is 6.18 Å². The fourth-order valence-electron chi connectivity index (χ4n) is 1.42. The van der Waals surface area contributed by atoms with E-state index in [4.69, 9.17) is 4.74 Å². The smallest absolute Gasteiger partial charge is 0.380 e. The molecule has 0 fully saturated rings. The molecule has 1 aromatic carbocycles. The Morgan fingerprint density at radius 2 is 1.76 bits per heavy atom. The van der Waals surface area contributed by atoms with Gasteiger partial charge in [-0.2, -0.15) is 13.2 Å². The molecule has 0 aliphatic carbocycles. The molecule has 1 aromatic rings. The van der Waals surface area contributed by atoms with Gasteiger partial charge in [0.05, 0.1) is 11.7 Å². The fraction of sp³-hybridized carbons (Fsp3) is 0.500. The number of ether oxygens (including phenoxy) is 1. The first-order valence-corrected chi connectivity index (χ1v) is 5.31. The fourth-order valence-corrected chi connectivity index (χ4v) is 1.42. The lowest BCUT2D eigenvalue weighted by atomic mass is 10.1. The molecule has 1 N–H and O–H groups in total. The molecule has 0 amide bonds. The van der Waals surface area contributed by atoms with Crippen molar-refractivity contribution in [3.05, 3.63) is 29.8 Å². The molecule has 0 spiro atoms. The van der Waals surface area contributed by atoms with Gasteiger partial charge in [-0.1, -0.05) is 12.1 Å². The minimum Gasteiger partial charge on any atom is -0.380 e. The van der Waals surface area contributed by atoms with Crippen LogP contribution in [-0.2, 0) is 10.9 Å². The maximum Gasteiger partial charge on any atom is 0.418 e. The third kappa shape index (κ3) is 3.63. The molecule has 96 valence electrons. The van der Waals surface area contributed by atoms with Crippen LogP contribution < -0.4 is 5.32 Å². The molecule has 2 atom stereocenters. The minimum atomic E-state index is -4.35. The van der Waals surface area contributed by atoms with E-state index < -0.39 is 11.7 Å². The van der Waals surface area contributed by atoms with Crippen molar-refractivity contribution < 1.29 is 17.9 Å². The van der Waals surface area contributed by atoms with Crippen molar-refractivity contribution in [3.8, 4) is 0 Å². The normalized spacial score (nSPS) is 15.4. The quantitative estimate of drug-likeness (QED) is 0.878. The average molecular weight is 247 g/mol. The van der Waals surface area contributed by atoms with Crippen molar-refractivity contribution in [1.29, 1.82) is 0 Å². The van der Waals surface area contributed by atoms with Gasteiger partial charge in [-0.25, -0.2) is 0 Å². The molecular weight excluding hydrogens is 231 g/mol. The summed E-state index contributed by atoms with van der Waals surface area (Å²) in [5.74, 6) is 0. The van der Waals surface area contributed by atoms with Crippen LogP contribution in [0.3, 0.4) is 0 Å². The molecule has 0 bridgehead atoms. The van der Waals surface area contributed by atoms with E-state index in [0.29, 0.717) is 0 Å². The van der Waals surface area contributed by atoms with Crippen LogP contribution in [0, 0.1) is 0 Å². The molecule has 2 nitrogen and oxygen atoms in total. The maximum atomic E-state index is 12.7. The highest BCUT2D eigenvalue weighted by Gasteiger charge is 2.33. The first kappa shape index (κ1) is 13.8. The number of halogens is 3. The second-order valence-corrected chi connectivity index (χ2v) is 3.92. The number of nitrogens with one attached hydrogen (secondary N) is 1. The Morgan fingerprint density at radius 3 is 2.29 bits per heavy atom. The zero-order valence-electron chi connectivity index (χ0n) is 10.0. The molecular formula is C12H16F3NO. The molecule has 17 heavy (non-hydrogen) atoms.